The molecule has 0 unspecified atom stereocenters. The minimum atomic E-state index is 0.584. The molecule has 4 nitrogen and oxygen atoms in total. The van der Waals surface area contributed by atoms with Crippen LogP contribution in [0, 0.1) is 0 Å². The van der Waals surface area contributed by atoms with E-state index >= 15 is 0 Å². The van der Waals surface area contributed by atoms with Crippen molar-refractivity contribution in [2.24, 2.45) is 5.11 Å². The zero-order valence-electron chi connectivity index (χ0n) is 11.0. The van der Waals surface area contributed by atoms with Crippen LogP contribution < -0.4 is 0 Å². The number of allylic oxidation sites excluding steroid dienone is 3. The van der Waals surface area contributed by atoms with E-state index in [4.69, 9.17) is 10.1 Å². The fourth-order valence-electron chi connectivity index (χ4n) is 1.44. The predicted octanol–water partition coefficient (Wildman–Crippen LogP) is 5.95. The van der Waals surface area contributed by atoms with Gasteiger partial charge in [0.2, 0.25) is 0 Å². The zero-order chi connectivity index (χ0) is 13.6. The Morgan fingerprint density at radius 2 is 2.06 bits per heavy atom. The molecule has 0 saturated carbocycles. The van der Waals surface area contributed by atoms with Crippen molar-refractivity contribution in [3.63, 3.8) is 0 Å². The van der Waals surface area contributed by atoms with Gasteiger partial charge in [0.25, 0.3) is 0 Å². The second-order valence-electron chi connectivity index (χ2n) is 4.08. The van der Waals surface area contributed by atoms with Crippen molar-refractivity contribution in [3.05, 3.63) is 33.7 Å². The second kappa shape index (κ2) is 13.1. The van der Waals surface area contributed by atoms with Gasteiger partial charge in [0.05, 0.1) is 0 Å². The third-order valence-corrected chi connectivity index (χ3v) is 3.10. The molecule has 0 N–H and O–H groups in total. The summed E-state index contributed by atoms with van der Waals surface area (Å²) >= 11 is 0. The molecule has 0 heterocycles. The van der Waals surface area contributed by atoms with E-state index < -0.39 is 0 Å². The van der Waals surface area contributed by atoms with E-state index in [2.05, 4.69) is 44.4 Å². The molecule has 18 heavy (non-hydrogen) atoms. The van der Waals surface area contributed by atoms with Crippen LogP contribution in [0.4, 0.5) is 0 Å². The molecule has 0 fully saturated rings. The summed E-state index contributed by atoms with van der Waals surface area (Å²) in [4.78, 5) is 2.73. The molecule has 0 bridgehead atoms. The monoisotopic (exact) mass is 284 g/mol. The molecule has 0 rings (SSSR count). The summed E-state index contributed by atoms with van der Waals surface area (Å²) in [5, 5.41) is 3.52. The van der Waals surface area contributed by atoms with E-state index in [0.717, 1.165) is 25.7 Å². The summed E-state index contributed by atoms with van der Waals surface area (Å²) in [5.41, 5.74) is 10.8. The number of azide groups is 1. The van der Waals surface area contributed by atoms with E-state index in [1.54, 1.807) is 0 Å². The van der Waals surface area contributed by atoms with E-state index in [-0.39, 0.29) is 0 Å². The molecule has 0 atom stereocenters. The van der Waals surface area contributed by atoms with Gasteiger partial charge in [-0.2, -0.15) is 0 Å². The van der Waals surface area contributed by atoms with Gasteiger partial charge in [-0.25, -0.2) is 0 Å². The fraction of sp³-hybridized carbons (Fsp3) is 0.667. The van der Waals surface area contributed by atoms with Gasteiger partial charge in [-0.05, 0) is 5.53 Å². The summed E-state index contributed by atoms with van der Waals surface area (Å²) in [7, 11) is 4.62. The standard InChI is InChI=1S/C12H20N3OP2/c1-11(7-4-9-14-15-13)5-3-6-12(2)8-10-16-18-17/h5,8H,3-4,6-7,9-10H2,1-2H3/q+1/b11-5+,12-8+. The van der Waals surface area contributed by atoms with Crippen molar-refractivity contribution in [1.82, 2.24) is 0 Å². The first kappa shape index (κ1) is 17.6. The van der Waals surface area contributed by atoms with Gasteiger partial charge >= 0.3 is 102 Å². The van der Waals surface area contributed by atoms with Crippen LogP contribution in [0.2, 0.25) is 0 Å². The second-order valence-corrected chi connectivity index (χ2v) is 4.99. The van der Waals surface area contributed by atoms with Crippen molar-refractivity contribution >= 4 is 16.3 Å². The molecule has 0 aromatic carbocycles. The molecule has 0 aromatic heterocycles. The van der Waals surface area contributed by atoms with Crippen molar-refractivity contribution < 1.29 is 4.52 Å². The Hall–Kier alpha value is -0.390. The van der Waals surface area contributed by atoms with Crippen molar-refractivity contribution in [3.8, 4) is 0 Å². The Morgan fingerprint density at radius 1 is 1.33 bits per heavy atom. The molecule has 0 spiro atoms. The molecule has 0 aliphatic heterocycles. The van der Waals surface area contributed by atoms with Gasteiger partial charge in [0.15, 0.2) is 0 Å². The van der Waals surface area contributed by atoms with Gasteiger partial charge < -0.3 is 0 Å². The topological polar surface area (TPSA) is 58.0 Å². The van der Waals surface area contributed by atoms with Crippen molar-refractivity contribution in [2.75, 3.05) is 13.2 Å². The van der Waals surface area contributed by atoms with Crippen LogP contribution in [-0.2, 0) is 4.52 Å². The molecular weight excluding hydrogens is 264 g/mol. The van der Waals surface area contributed by atoms with E-state index in [0.29, 0.717) is 21.1 Å². The van der Waals surface area contributed by atoms with Crippen LogP contribution >= 0.6 is 16.3 Å². The normalized spacial score (nSPS) is 12.1. The van der Waals surface area contributed by atoms with Crippen LogP contribution in [0.1, 0.15) is 39.5 Å². The van der Waals surface area contributed by atoms with E-state index in [9.17, 15) is 0 Å². The Kier molecular flexibility index (Phi) is 12.8. The molecule has 98 valence electrons. The number of hydrogen-bond acceptors (Lipinski definition) is 2. The first-order valence-electron chi connectivity index (χ1n) is 5.99. The van der Waals surface area contributed by atoms with Crippen LogP contribution in [0.25, 0.3) is 10.4 Å². The Labute approximate surface area is 113 Å². The summed E-state index contributed by atoms with van der Waals surface area (Å²) < 4.78 is 5.11. The molecule has 6 heteroatoms. The molecule has 0 aliphatic rings. The van der Waals surface area contributed by atoms with Crippen molar-refractivity contribution in [2.45, 2.75) is 39.5 Å². The summed E-state index contributed by atoms with van der Waals surface area (Å²) in [6.07, 6.45) is 8.38. The average Bonchev–Trinajstić information content (AvgIpc) is 2.35. The number of rotatable bonds is 9. The molecule has 0 aliphatic carbocycles. The summed E-state index contributed by atoms with van der Waals surface area (Å²) in [6, 6.07) is 0. The SMILES string of the molecule is C/C(=C\CO[P+]#P)CC/C=C(\C)CCCN=[N+]=[N-]. The van der Waals surface area contributed by atoms with Gasteiger partial charge in [-0.15, -0.1) is 0 Å². The van der Waals surface area contributed by atoms with Gasteiger partial charge in [0.1, 0.15) is 0 Å². The Balaban J connectivity index is 3.76. The number of nitrogens with zero attached hydrogens (tertiary/aromatic N) is 3. The third kappa shape index (κ3) is 12.1. The Morgan fingerprint density at radius 3 is 2.72 bits per heavy atom. The number of hydrogen-bond donors (Lipinski definition) is 0. The summed E-state index contributed by atoms with van der Waals surface area (Å²) in [5.74, 6) is 0. The predicted molar refractivity (Wildman–Crippen MR) is 79.8 cm³/mol. The van der Waals surface area contributed by atoms with Crippen LogP contribution in [0.5, 0.6) is 0 Å². The molecule has 0 saturated heterocycles. The average molecular weight is 284 g/mol. The quantitative estimate of drug-likeness (QED) is 0.129. The molecular formula is C12H20N3OP2+. The fourth-order valence-corrected chi connectivity index (χ4v) is 1.78. The minimum Gasteiger partial charge on any atom is -0.00342 e. The van der Waals surface area contributed by atoms with E-state index in [1.807, 2.05) is 0 Å². The van der Waals surface area contributed by atoms with Crippen LogP contribution in [-0.4, -0.2) is 13.2 Å². The summed E-state index contributed by atoms with van der Waals surface area (Å²) in [6.45, 7) is 5.45. The van der Waals surface area contributed by atoms with Gasteiger partial charge in [0, 0.05) is 4.91 Å². The molecule has 0 radical (unpaired) electrons. The first-order valence-corrected chi connectivity index (χ1v) is 7.95. The Bertz CT molecular complexity index is 379. The van der Waals surface area contributed by atoms with Crippen LogP contribution in [0.3, 0.4) is 0 Å². The van der Waals surface area contributed by atoms with Gasteiger partial charge in [-0.1, -0.05) is 0 Å². The third-order valence-electron chi connectivity index (χ3n) is 2.49. The first-order chi connectivity index (χ1) is 8.70. The zero-order valence-corrected chi connectivity index (χ0v) is 12.8. The van der Waals surface area contributed by atoms with E-state index in [1.165, 1.54) is 11.1 Å². The van der Waals surface area contributed by atoms with Crippen molar-refractivity contribution in [1.29, 1.82) is 0 Å². The van der Waals surface area contributed by atoms with Crippen LogP contribution in [0.15, 0.2) is 28.4 Å². The maximum absolute atomic E-state index is 8.14. The maximum atomic E-state index is 8.14. The minimum absolute atomic E-state index is 0.584. The molecule has 0 aromatic rings. The smallest absolute Gasteiger partial charge is 0.00342 e. The van der Waals surface area contributed by atoms with Gasteiger partial charge in [-0.3, -0.25) is 0 Å². The molecule has 0 amide bonds.